The Labute approximate surface area is 127 Å². The van der Waals surface area contributed by atoms with Gasteiger partial charge < -0.3 is 10.6 Å². The van der Waals surface area contributed by atoms with Crippen LogP contribution in [-0.4, -0.2) is 16.5 Å². The van der Waals surface area contributed by atoms with Crippen molar-refractivity contribution < 1.29 is 13.2 Å². The van der Waals surface area contributed by atoms with Crippen LogP contribution in [0.15, 0.2) is 34.9 Å². The Morgan fingerprint density at radius 2 is 1.86 bits per heavy atom. The van der Waals surface area contributed by atoms with Gasteiger partial charge in [0.15, 0.2) is 0 Å². The van der Waals surface area contributed by atoms with E-state index in [1.807, 2.05) is 6.92 Å². The van der Waals surface area contributed by atoms with Gasteiger partial charge in [0, 0.05) is 18.4 Å². The third-order valence-electron chi connectivity index (χ3n) is 2.55. The lowest BCUT2D eigenvalue weighted by atomic mass is 10.2. The maximum atomic E-state index is 12.5. The predicted octanol–water partition coefficient (Wildman–Crippen LogP) is 4.43. The fourth-order valence-corrected chi connectivity index (χ4v) is 1.87. The molecular weight excluding hydrogens is 349 g/mol. The lowest BCUT2D eigenvalue weighted by molar-refractivity contribution is -0.137. The average Bonchev–Trinajstić information content (AvgIpc) is 2.42. The monoisotopic (exact) mass is 360 g/mol. The normalized spacial score (nSPS) is 11.3. The Morgan fingerprint density at radius 3 is 2.43 bits per heavy atom. The summed E-state index contributed by atoms with van der Waals surface area (Å²) in [7, 11) is 0. The Bertz CT molecular complexity index is 614. The number of rotatable bonds is 4. The van der Waals surface area contributed by atoms with Gasteiger partial charge in [0.25, 0.3) is 0 Å². The van der Waals surface area contributed by atoms with E-state index in [0.717, 1.165) is 12.1 Å². The molecule has 1 heterocycles. The first-order chi connectivity index (χ1) is 9.90. The summed E-state index contributed by atoms with van der Waals surface area (Å²) in [6.45, 7) is 2.58. The molecule has 112 valence electrons. The van der Waals surface area contributed by atoms with Gasteiger partial charge >= 0.3 is 6.18 Å². The molecule has 8 heteroatoms. The topological polar surface area (TPSA) is 49.8 Å². The zero-order chi connectivity index (χ0) is 15.5. The summed E-state index contributed by atoms with van der Waals surface area (Å²) < 4.78 is 38.1. The number of anilines is 3. The van der Waals surface area contributed by atoms with Crippen LogP contribution in [0.4, 0.5) is 30.6 Å². The highest BCUT2D eigenvalue weighted by molar-refractivity contribution is 9.10. The number of benzene rings is 1. The maximum Gasteiger partial charge on any atom is 0.416 e. The zero-order valence-corrected chi connectivity index (χ0v) is 12.6. The van der Waals surface area contributed by atoms with Crippen molar-refractivity contribution in [3.8, 4) is 0 Å². The fraction of sp³-hybridized carbons (Fsp3) is 0.231. The lowest BCUT2D eigenvalue weighted by Gasteiger charge is -2.11. The van der Waals surface area contributed by atoms with E-state index < -0.39 is 11.7 Å². The van der Waals surface area contributed by atoms with Gasteiger partial charge in [-0.15, -0.1) is 0 Å². The molecule has 0 radical (unpaired) electrons. The zero-order valence-electron chi connectivity index (χ0n) is 11.0. The second-order valence-electron chi connectivity index (χ2n) is 4.12. The molecule has 2 aromatic rings. The maximum absolute atomic E-state index is 12.5. The van der Waals surface area contributed by atoms with Gasteiger partial charge in [-0.2, -0.15) is 18.2 Å². The van der Waals surface area contributed by atoms with E-state index in [2.05, 4.69) is 36.5 Å². The molecule has 21 heavy (non-hydrogen) atoms. The largest absolute Gasteiger partial charge is 0.416 e. The molecule has 0 spiro atoms. The van der Waals surface area contributed by atoms with E-state index in [0.29, 0.717) is 28.5 Å². The van der Waals surface area contributed by atoms with Crippen molar-refractivity contribution in [3.05, 3.63) is 40.5 Å². The van der Waals surface area contributed by atoms with E-state index in [4.69, 9.17) is 0 Å². The second kappa shape index (κ2) is 6.30. The highest BCUT2D eigenvalue weighted by Gasteiger charge is 2.29. The molecule has 0 aliphatic rings. The number of aromatic nitrogens is 2. The molecule has 2 rings (SSSR count). The van der Waals surface area contributed by atoms with Crippen molar-refractivity contribution in [2.24, 2.45) is 0 Å². The van der Waals surface area contributed by atoms with Gasteiger partial charge in [-0.1, -0.05) is 0 Å². The van der Waals surface area contributed by atoms with Gasteiger partial charge in [-0.3, -0.25) is 0 Å². The summed E-state index contributed by atoms with van der Waals surface area (Å²) in [6.07, 6.45) is -2.77. The minimum atomic E-state index is -4.34. The number of hydrogen-bond donors (Lipinski definition) is 2. The van der Waals surface area contributed by atoms with Gasteiger partial charge in [0.05, 0.1) is 10.0 Å². The Hall–Kier alpha value is -1.83. The molecule has 1 aromatic carbocycles. The van der Waals surface area contributed by atoms with Gasteiger partial charge in [-0.25, -0.2) is 4.98 Å². The SMILES string of the molecule is CCNc1ncc(Br)c(Nc2ccc(C(F)(F)F)cc2)n1. The molecule has 0 aliphatic heterocycles. The third kappa shape index (κ3) is 4.07. The Balaban J connectivity index is 2.20. The van der Waals surface area contributed by atoms with Crippen molar-refractivity contribution in [2.75, 3.05) is 17.2 Å². The summed E-state index contributed by atoms with van der Waals surface area (Å²) in [5.41, 5.74) is -0.187. The summed E-state index contributed by atoms with van der Waals surface area (Å²) in [5, 5.41) is 5.90. The van der Waals surface area contributed by atoms with E-state index >= 15 is 0 Å². The van der Waals surface area contributed by atoms with Crippen molar-refractivity contribution in [3.63, 3.8) is 0 Å². The first-order valence-corrected chi connectivity index (χ1v) is 6.90. The highest BCUT2D eigenvalue weighted by Crippen LogP contribution is 2.31. The summed E-state index contributed by atoms with van der Waals surface area (Å²) in [4.78, 5) is 8.28. The van der Waals surface area contributed by atoms with Crippen LogP contribution in [0.3, 0.4) is 0 Å². The third-order valence-corrected chi connectivity index (χ3v) is 3.13. The fourth-order valence-electron chi connectivity index (χ4n) is 1.58. The summed E-state index contributed by atoms with van der Waals surface area (Å²) >= 11 is 3.29. The van der Waals surface area contributed by atoms with Crippen molar-refractivity contribution in [2.45, 2.75) is 13.1 Å². The van der Waals surface area contributed by atoms with Crippen LogP contribution < -0.4 is 10.6 Å². The molecule has 2 N–H and O–H groups in total. The molecular formula is C13H12BrF3N4. The molecule has 0 saturated heterocycles. The van der Waals surface area contributed by atoms with Crippen LogP contribution in [0.25, 0.3) is 0 Å². The second-order valence-corrected chi connectivity index (χ2v) is 4.97. The molecule has 0 saturated carbocycles. The molecule has 0 fully saturated rings. The molecule has 0 bridgehead atoms. The van der Waals surface area contributed by atoms with Crippen LogP contribution >= 0.6 is 15.9 Å². The first kappa shape index (κ1) is 15.6. The number of hydrogen-bond acceptors (Lipinski definition) is 4. The number of nitrogens with one attached hydrogen (secondary N) is 2. The molecule has 0 amide bonds. The van der Waals surface area contributed by atoms with Crippen molar-refractivity contribution >= 4 is 33.4 Å². The molecule has 4 nitrogen and oxygen atoms in total. The predicted molar refractivity (Wildman–Crippen MR) is 78.6 cm³/mol. The minimum Gasteiger partial charge on any atom is -0.354 e. The van der Waals surface area contributed by atoms with Gasteiger partial charge in [0.2, 0.25) is 5.95 Å². The Morgan fingerprint density at radius 1 is 1.19 bits per heavy atom. The minimum absolute atomic E-state index is 0.440. The van der Waals surface area contributed by atoms with Crippen LogP contribution in [0.2, 0.25) is 0 Å². The van der Waals surface area contributed by atoms with Gasteiger partial charge in [0.1, 0.15) is 5.82 Å². The average molecular weight is 361 g/mol. The van der Waals surface area contributed by atoms with Crippen LogP contribution in [0, 0.1) is 0 Å². The van der Waals surface area contributed by atoms with E-state index in [1.54, 1.807) is 6.20 Å². The Kier molecular flexibility index (Phi) is 4.66. The molecule has 0 unspecified atom stereocenters. The number of nitrogens with zero attached hydrogens (tertiary/aromatic N) is 2. The smallest absolute Gasteiger partial charge is 0.354 e. The molecule has 0 aliphatic carbocycles. The van der Waals surface area contributed by atoms with E-state index in [-0.39, 0.29) is 0 Å². The first-order valence-electron chi connectivity index (χ1n) is 6.11. The van der Waals surface area contributed by atoms with E-state index in [1.165, 1.54) is 12.1 Å². The number of alkyl halides is 3. The van der Waals surface area contributed by atoms with Crippen LogP contribution in [-0.2, 0) is 6.18 Å². The summed E-state index contributed by atoms with van der Waals surface area (Å²) in [6, 6.07) is 4.74. The molecule has 1 aromatic heterocycles. The van der Waals surface area contributed by atoms with E-state index in [9.17, 15) is 13.2 Å². The number of halogens is 4. The van der Waals surface area contributed by atoms with Crippen molar-refractivity contribution in [1.29, 1.82) is 0 Å². The molecule has 0 atom stereocenters. The van der Waals surface area contributed by atoms with Crippen LogP contribution in [0.5, 0.6) is 0 Å². The summed E-state index contributed by atoms with van der Waals surface area (Å²) in [5.74, 6) is 0.913. The lowest BCUT2D eigenvalue weighted by Crippen LogP contribution is -2.06. The van der Waals surface area contributed by atoms with Gasteiger partial charge in [-0.05, 0) is 47.1 Å². The van der Waals surface area contributed by atoms with Crippen molar-refractivity contribution in [1.82, 2.24) is 9.97 Å². The standard InChI is InChI=1S/C13H12BrF3N4/c1-2-18-12-19-7-10(14)11(21-12)20-9-5-3-8(4-6-9)13(15,16)17/h3-7H,2H2,1H3,(H2,18,19,20,21). The highest BCUT2D eigenvalue weighted by atomic mass is 79.9. The van der Waals surface area contributed by atoms with Crippen LogP contribution in [0.1, 0.15) is 12.5 Å². The quantitative estimate of drug-likeness (QED) is 0.846.